The average Bonchev–Trinajstić information content (AvgIpc) is 3.41. The molecule has 0 radical (unpaired) electrons. The molecule has 9 heteroatoms. The lowest BCUT2D eigenvalue weighted by Crippen LogP contribution is -2.39. The molecule has 3 aromatic rings. The van der Waals surface area contributed by atoms with Gasteiger partial charge in [-0.1, -0.05) is 18.2 Å². The summed E-state index contributed by atoms with van der Waals surface area (Å²) in [6.07, 6.45) is 7.11. The van der Waals surface area contributed by atoms with Gasteiger partial charge in [-0.05, 0) is 62.1 Å². The monoisotopic (exact) mass is 520 g/mol. The van der Waals surface area contributed by atoms with Crippen LogP contribution in [0.3, 0.4) is 0 Å². The summed E-state index contributed by atoms with van der Waals surface area (Å²) >= 11 is 0. The molecule has 38 heavy (non-hydrogen) atoms. The smallest absolute Gasteiger partial charge is 0.207 e. The fraction of sp³-hybridized carbons (Fsp3) is 0.552. The summed E-state index contributed by atoms with van der Waals surface area (Å²) in [5.74, 6) is 1.55. The number of carbonyl (C=O) groups excluding carboxylic acids is 1. The SMILES string of the molecule is Cc1ccc(-c2cnn3c(NCCN4CCOCC4)cc(CC4CCOC4)nc23)cc1C.O=CNC1CC1. The highest BCUT2D eigenvalue weighted by Crippen LogP contribution is 2.28. The summed E-state index contributed by atoms with van der Waals surface area (Å²) in [5, 5.41) is 11.0. The van der Waals surface area contributed by atoms with Crippen LogP contribution in [0.15, 0.2) is 30.5 Å². The molecule has 2 N–H and O–H groups in total. The molecule has 1 unspecified atom stereocenters. The molecule has 0 bridgehead atoms. The topological polar surface area (TPSA) is 93.0 Å². The van der Waals surface area contributed by atoms with E-state index < -0.39 is 0 Å². The maximum Gasteiger partial charge on any atom is 0.207 e. The van der Waals surface area contributed by atoms with E-state index in [-0.39, 0.29) is 0 Å². The maximum atomic E-state index is 9.54. The molecule has 3 fully saturated rings. The molecule has 1 aromatic carbocycles. The number of aryl methyl sites for hydroxylation is 2. The second-order valence-corrected chi connectivity index (χ2v) is 10.6. The average molecular weight is 521 g/mol. The van der Waals surface area contributed by atoms with Gasteiger partial charge in [-0.15, -0.1) is 0 Å². The van der Waals surface area contributed by atoms with Gasteiger partial charge < -0.3 is 20.1 Å². The third-order valence-corrected chi connectivity index (χ3v) is 7.58. The lowest BCUT2D eigenvalue weighted by molar-refractivity contribution is -0.109. The van der Waals surface area contributed by atoms with Gasteiger partial charge in [0.25, 0.3) is 0 Å². The molecule has 4 heterocycles. The van der Waals surface area contributed by atoms with Gasteiger partial charge in [0.15, 0.2) is 5.65 Å². The minimum atomic E-state index is 0.530. The number of carbonyl (C=O) groups is 1. The maximum absolute atomic E-state index is 9.54. The minimum absolute atomic E-state index is 0.530. The molecule has 1 saturated carbocycles. The Hall–Kier alpha value is -3.01. The third kappa shape index (κ3) is 6.89. The molecule has 1 atom stereocenters. The Bertz CT molecular complexity index is 1210. The number of hydrogen-bond acceptors (Lipinski definition) is 7. The Morgan fingerprint density at radius 2 is 1.89 bits per heavy atom. The summed E-state index contributed by atoms with van der Waals surface area (Å²) in [5.41, 5.74) is 6.84. The molecule has 1 amide bonds. The summed E-state index contributed by atoms with van der Waals surface area (Å²) in [4.78, 5) is 17.0. The first-order chi connectivity index (χ1) is 18.6. The van der Waals surface area contributed by atoms with Gasteiger partial charge in [-0.2, -0.15) is 9.61 Å². The quantitative estimate of drug-likeness (QED) is 0.419. The number of benzene rings is 1. The van der Waals surface area contributed by atoms with Gasteiger partial charge in [0.1, 0.15) is 5.82 Å². The van der Waals surface area contributed by atoms with E-state index in [2.05, 4.69) is 53.6 Å². The Morgan fingerprint density at radius 1 is 1.05 bits per heavy atom. The van der Waals surface area contributed by atoms with Crippen LogP contribution in [0.2, 0.25) is 0 Å². The first-order valence-electron chi connectivity index (χ1n) is 13.9. The van der Waals surface area contributed by atoms with E-state index in [1.807, 2.05) is 10.7 Å². The molecular formula is C29H40N6O3. The first kappa shape index (κ1) is 26.6. The summed E-state index contributed by atoms with van der Waals surface area (Å²) < 4.78 is 13.0. The third-order valence-electron chi connectivity index (χ3n) is 7.58. The van der Waals surface area contributed by atoms with Crippen LogP contribution < -0.4 is 10.6 Å². The number of nitrogens with zero attached hydrogens (tertiary/aromatic N) is 4. The highest BCUT2D eigenvalue weighted by Gasteiger charge is 2.20. The summed E-state index contributed by atoms with van der Waals surface area (Å²) in [7, 11) is 0. The van der Waals surface area contributed by atoms with Crippen molar-refractivity contribution in [1.82, 2.24) is 24.8 Å². The summed E-state index contributed by atoms with van der Waals surface area (Å²) in [6, 6.07) is 9.28. The van der Waals surface area contributed by atoms with Crippen molar-refractivity contribution >= 4 is 17.9 Å². The largest absolute Gasteiger partial charge is 0.381 e. The lowest BCUT2D eigenvalue weighted by atomic mass is 10.0. The van der Waals surface area contributed by atoms with Gasteiger partial charge in [-0.3, -0.25) is 9.69 Å². The molecule has 0 spiro atoms. The molecule has 204 valence electrons. The lowest BCUT2D eigenvalue weighted by Gasteiger charge is -2.26. The number of amides is 1. The van der Waals surface area contributed by atoms with Gasteiger partial charge in [0.2, 0.25) is 6.41 Å². The number of hydrogen-bond donors (Lipinski definition) is 2. The first-order valence-corrected chi connectivity index (χ1v) is 13.9. The van der Waals surface area contributed by atoms with Crippen molar-refractivity contribution in [3.63, 3.8) is 0 Å². The molecular weight excluding hydrogens is 480 g/mol. The number of rotatable bonds is 9. The zero-order valence-corrected chi connectivity index (χ0v) is 22.6. The van der Waals surface area contributed by atoms with E-state index in [0.717, 1.165) is 100 Å². The van der Waals surface area contributed by atoms with Crippen LogP contribution in [0.25, 0.3) is 16.8 Å². The zero-order chi connectivity index (χ0) is 26.3. The number of fused-ring (bicyclic) bond motifs is 1. The minimum Gasteiger partial charge on any atom is -0.381 e. The van der Waals surface area contributed by atoms with E-state index >= 15 is 0 Å². The fourth-order valence-corrected chi connectivity index (χ4v) is 4.91. The van der Waals surface area contributed by atoms with Gasteiger partial charge in [-0.25, -0.2) is 4.98 Å². The summed E-state index contributed by atoms with van der Waals surface area (Å²) in [6.45, 7) is 11.5. The predicted molar refractivity (Wildman–Crippen MR) is 148 cm³/mol. The Morgan fingerprint density at radius 3 is 2.58 bits per heavy atom. The molecule has 2 aliphatic heterocycles. The van der Waals surface area contributed by atoms with Crippen molar-refractivity contribution in [1.29, 1.82) is 0 Å². The second-order valence-electron chi connectivity index (χ2n) is 10.6. The van der Waals surface area contributed by atoms with Crippen molar-refractivity contribution in [2.24, 2.45) is 5.92 Å². The van der Waals surface area contributed by atoms with E-state index in [4.69, 9.17) is 19.6 Å². The fourth-order valence-electron chi connectivity index (χ4n) is 4.91. The van der Waals surface area contributed by atoms with Gasteiger partial charge in [0.05, 0.1) is 19.4 Å². The van der Waals surface area contributed by atoms with Crippen LogP contribution in [0, 0.1) is 19.8 Å². The highest BCUT2D eigenvalue weighted by atomic mass is 16.5. The number of morpholine rings is 1. The molecule has 2 aromatic heterocycles. The number of anilines is 1. The molecule has 6 rings (SSSR count). The Labute approximate surface area is 224 Å². The Balaban J connectivity index is 0.000000433. The van der Waals surface area contributed by atoms with Crippen molar-refractivity contribution in [2.75, 3.05) is 57.9 Å². The van der Waals surface area contributed by atoms with Crippen LogP contribution in [-0.2, 0) is 20.7 Å². The molecule has 9 nitrogen and oxygen atoms in total. The predicted octanol–water partition coefficient (Wildman–Crippen LogP) is 3.23. The normalized spacial score (nSPS) is 19.7. The van der Waals surface area contributed by atoms with Crippen LogP contribution in [-0.4, -0.2) is 84.6 Å². The Kier molecular flexibility index (Phi) is 8.88. The van der Waals surface area contributed by atoms with Crippen LogP contribution in [0.5, 0.6) is 0 Å². The van der Waals surface area contributed by atoms with Crippen molar-refractivity contribution in [3.8, 4) is 11.1 Å². The molecule has 1 aliphatic carbocycles. The second kappa shape index (κ2) is 12.7. The van der Waals surface area contributed by atoms with Gasteiger partial charge in [0, 0.05) is 62.8 Å². The molecule has 3 aliphatic rings. The van der Waals surface area contributed by atoms with Gasteiger partial charge >= 0.3 is 0 Å². The van der Waals surface area contributed by atoms with Crippen LogP contribution >= 0.6 is 0 Å². The van der Waals surface area contributed by atoms with E-state index in [1.54, 1.807) is 0 Å². The standard InChI is InChI=1S/C25H33N5O2.C4H7NO/c1-18-3-4-21(13-19(18)2)23-16-27-30-24(26-6-7-29-8-11-31-12-9-29)15-22(28-25(23)30)14-20-5-10-32-17-20;6-3-5-4-1-2-4/h3-4,13,15-16,20,26H,5-12,14,17H2,1-2H3;3-4H,1-2H2,(H,5,6). The van der Waals surface area contributed by atoms with Crippen LogP contribution in [0.1, 0.15) is 36.1 Å². The number of aromatic nitrogens is 3. The van der Waals surface area contributed by atoms with Crippen molar-refractivity contribution in [3.05, 3.63) is 47.3 Å². The van der Waals surface area contributed by atoms with Crippen molar-refractivity contribution in [2.45, 2.75) is 45.6 Å². The van der Waals surface area contributed by atoms with Crippen molar-refractivity contribution < 1.29 is 14.3 Å². The number of ether oxygens (including phenoxy) is 2. The van der Waals surface area contributed by atoms with E-state index in [0.29, 0.717) is 12.0 Å². The van der Waals surface area contributed by atoms with E-state index in [1.165, 1.54) is 24.0 Å². The zero-order valence-electron chi connectivity index (χ0n) is 22.6. The van der Waals surface area contributed by atoms with E-state index in [9.17, 15) is 4.79 Å². The number of nitrogens with one attached hydrogen (secondary N) is 2. The molecule has 2 saturated heterocycles. The highest BCUT2D eigenvalue weighted by molar-refractivity contribution is 5.78. The van der Waals surface area contributed by atoms with Crippen LogP contribution in [0.4, 0.5) is 5.82 Å².